The molecule has 2 aromatic rings. The minimum Gasteiger partial charge on any atom is -0.493 e. The molecule has 0 aromatic heterocycles. The fourth-order valence-electron chi connectivity index (χ4n) is 2.56. The van der Waals surface area contributed by atoms with Crippen LogP contribution < -0.4 is 14.8 Å². The molecule has 2 rings (SSSR count). The quantitative estimate of drug-likeness (QED) is 0.537. The molecule has 6 nitrogen and oxygen atoms in total. The molecule has 0 radical (unpaired) electrons. The van der Waals surface area contributed by atoms with E-state index < -0.39 is 17.6 Å². The van der Waals surface area contributed by atoms with Gasteiger partial charge in [0.2, 0.25) is 0 Å². The molecule has 0 heterocycles. The van der Waals surface area contributed by atoms with Crippen LogP contribution in [0.5, 0.6) is 11.5 Å². The topological polar surface area (TPSA) is 69.2 Å². The Labute approximate surface area is 172 Å². The average Bonchev–Trinajstić information content (AvgIpc) is 2.73. The number of hydrogen-bond acceptors (Lipinski definition) is 5. The molecule has 0 saturated carbocycles. The Morgan fingerprint density at radius 3 is 2.27 bits per heavy atom. The van der Waals surface area contributed by atoms with E-state index in [0.717, 1.165) is 29.8 Å². The van der Waals surface area contributed by atoms with Gasteiger partial charge in [-0.1, -0.05) is 6.07 Å². The first-order chi connectivity index (χ1) is 14.3. The Bertz CT molecular complexity index is 881. The molecule has 0 atom stereocenters. The number of aliphatic imine (C=N–C) groups is 1. The maximum absolute atomic E-state index is 12.6. The van der Waals surface area contributed by atoms with Gasteiger partial charge < -0.3 is 14.2 Å². The summed E-state index contributed by atoms with van der Waals surface area (Å²) in [5, 5.41) is 2.48. The van der Waals surface area contributed by atoms with Crippen LogP contribution in [0.4, 0.5) is 13.2 Å². The van der Waals surface area contributed by atoms with Gasteiger partial charge in [-0.05, 0) is 55.3 Å². The molecule has 162 valence electrons. The smallest absolute Gasteiger partial charge is 0.416 e. The number of nitrogens with one attached hydrogen (secondary N) is 1. The highest BCUT2D eigenvalue weighted by Gasteiger charge is 2.30. The third-order valence-corrected chi connectivity index (χ3v) is 4.08. The van der Waals surface area contributed by atoms with Gasteiger partial charge in [0, 0.05) is 12.1 Å². The second-order valence-electron chi connectivity index (χ2n) is 6.09. The molecule has 30 heavy (non-hydrogen) atoms. The van der Waals surface area contributed by atoms with Crippen molar-refractivity contribution >= 4 is 11.9 Å². The lowest BCUT2D eigenvalue weighted by Crippen LogP contribution is -2.33. The van der Waals surface area contributed by atoms with E-state index in [1.165, 1.54) is 0 Å². The van der Waals surface area contributed by atoms with E-state index >= 15 is 0 Å². The van der Waals surface area contributed by atoms with Gasteiger partial charge in [-0.2, -0.15) is 13.2 Å². The van der Waals surface area contributed by atoms with Crippen LogP contribution >= 0.6 is 0 Å². The van der Waals surface area contributed by atoms with Crippen molar-refractivity contribution in [3.05, 3.63) is 59.2 Å². The molecule has 0 aliphatic heterocycles. The molecule has 1 amide bonds. The maximum Gasteiger partial charge on any atom is 0.416 e. The third kappa shape index (κ3) is 6.40. The van der Waals surface area contributed by atoms with Crippen molar-refractivity contribution in [2.45, 2.75) is 19.5 Å². The summed E-state index contributed by atoms with van der Waals surface area (Å²) < 4.78 is 53.7. The number of halogens is 3. The highest BCUT2D eigenvalue weighted by atomic mass is 19.4. The van der Waals surface area contributed by atoms with Crippen LogP contribution in [0.25, 0.3) is 0 Å². The van der Waals surface area contributed by atoms with E-state index in [1.54, 1.807) is 27.2 Å². The van der Waals surface area contributed by atoms with Gasteiger partial charge >= 0.3 is 6.18 Å². The van der Waals surface area contributed by atoms with E-state index in [9.17, 15) is 18.0 Å². The predicted octanol–water partition coefficient (Wildman–Crippen LogP) is 4.09. The van der Waals surface area contributed by atoms with E-state index in [2.05, 4.69) is 10.3 Å². The molecule has 0 aliphatic carbocycles. The first-order valence-electron chi connectivity index (χ1n) is 9.15. The molecular formula is C21H23F3N2O4. The first-order valence-corrected chi connectivity index (χ1v) is 9.15. The van der Waals surface area contributed by atoms with E-state index in [0.29, 0.717) is 24.5 Å². The molecule has 0 bridgehead atoms. The number of nitrogens with zero attached hydrogens (tertiary/aromatic N) is 1. The predicted molar refractivity (Wildman–Crippen MR) is 106 cm³/mol. The summed E-state index contributed by atoms with van der Waals surface area (Å²) in [4.78, 5) is 16.5. The summed E-state index contributed by atoms with van der Waals surface area (Å²) in [6.07, 6.45) is -3.91. The number of hydrogen-bond donors (Lipinski definition) is 1. The van der Waals surface area contributed by atoms with Crippen LogP contribution in [0.1, 0.15) is 28.4 Å². The third-order valence-electron chi connectivity index (χ3n) is 4.08. The largest absolute Gasteiger partial charge is 0.493 e. The van der Waals surface area contributed by atoms with Crippen LogP contribution in [-0.2, 0) is 17.3 Å². The molecule has 9 heteroatoms. The van der Waals surface area contributed by atoms with Gasteiger partial charge in [-0.3, -0.25) is 10.1 Å². The minimum absolute atomic E-state index is 0.00266. The molecular weight excluding hydrogens is 401 g/mol. The highest BCUT2D eigenvalue weighted by molar-refractivity contribution is 6.04. The van der Waals surface area contributed by atoms with Gasteiger partial charge in [0.1, 0.15) is 0 Å². The van der Waals surface area contributed by atoms with Crippen molar-refractivity contribution in [3.63, 3.8) is 0 Å². The van der Waals surface area contributed by atoms with Gasteiger partial charge in [-0.15, -0.1) is 0 Å². The van der Waals surface area contributed by atoms with E-state index in [1.807, 2.05) is 12.1 Å². The zero-order chi connectivity index (χ0) is 22.1. The lowest BCUT2D eigenvalue weighted by Gasteiger charge is -2.11. The number of alkyl halides is 3. The molecule has 0 fully saturated rings. The number of amides is 1. The van der Waals surface area contributed by atoms with Gasteiger partial charge in [0.25, 0.3) is 11.9 Å². The molecule has 0 unspecified atom stereocenters. The normalized spacial score (nSPS) is 11.7. The van der Waals surface area contributed by atoms with E-state index in [-0.39, 0.29) is 18.2 Å². The van der Waals surface area contributed by atoms with Crippen molar-refractivity contribution in [1.29, 1.82) is 0 Å². The highest BCUT2D eigenvalue weighted by Crippen LogP contribution is 2.29. The Kier molecular flexibility index (Phi) is 8.08. The molecule has 2 aromatic carbocycles. The van der Waals surface area contributed by atoms with Crippen LogP contribution in [0.3, 0.4) is 0 Å². The summed E-state index contributed by atoms with van der Waals surface area (Å²) in [7, 11) is 3.10. The van der Waals surface area contributed by atoms with E-state index in [4.69, 9.17) is 14.2 Å². The summed E-state index contributed by atoms with van der Waals surface area (Å²) in [6, 6.07) is 9.40. The van der Waals surface area contributed by atoms with Crippen LogP contribution in [0.2, 0.25) is 0 Å². The summed E-state index contributed by atoms with van der Waals surface area (Å²) in [5.41, 5.74) is 0.185. The van der Waals surface area contributed by atoms with Gasteiger partial charge in [-0.25, -0.2) is 4.99 Å². The summed E-state index contributed by atoms with van der Waals surface area (Å²) in [5.74, 6) is 0.602. The van der Waals surface area contributed by atoms with Crippen molar-refractivity contribution in [3.8, 4) is 11.5 Å². The first kappa shape index (κ1) is 23.1. The lowest BCUT2D eigenvalue weighted by molar-refractivity contribution is -0.137. The van der Waals surface area contributed by atoms with Crippen molar-refractivity contribution in [2.75, 3.05) is 27.4 Å². The zero-order valence-corrected chi connectivity index (χ0v) is 16.9. The van der Waals surface area contributed by atoms with Gasteiger partial charge in [0.15, 0.2) is 11.5 Å². The van der Waals surface area contributed by atoms with Crippen molar-refractivity contribution in [2.24, 2.45) is 4.99 Å². The standard InChI is InChI=1S/C21H23F3N2O4/c1-4-30-20(25-12-11-14-5-10-17(28-2)18(13-14)29-3)26-19(27)15-6-8-16(9-7-15)21(22,23)24/h5-10,13H,4,11-12H2,1-3H3,(H,25,26,27). The monoisotopic (exact) mass is 424 g/mol. The molecule has 0 saturated heterocycles. The second kappa shape index (κ2) is 10.5. The average molecular weight is 424 g/mol. The minimum atomic E-state index is -4.46. The second-order valence-corrected chi connectivity index (χ2v) is 6.09. The number of benzene rings is 2. The molecule has 1 N–H and O–H groups in total. The summed E-state index contributed by atoms with van der Waals surface area (Å²) >= 11 is 0. The van der Waals surface area contributed by atoms with Gasteiger partial charge in [0.05, 0.1) is 26.4 Å². The Hall–Kier alpha value is -3.23. The number of carbonyl (C=O) groups excluding carboxylic acids is 1. The number of carbonyl (C=O) groups is 1. The Balaban J connectivity index is 2.02. The number of methoxy groups -OCH3 is 2. The maximum atomic E-state index is 12.6. The fraction of sp³-hybridized carbons (Fsp3) is 0.333. The summed E-state index contributed by atoms with van der Waals surface area (Å²) in [6.45, 7) is 2.31. The molecule has 0 aliphatic rings. The lowest BCUT2D eigenvalue weighted by atomic mass is 10.1. The zero-order valence-electron chi connectivity index (χ0n) is 16.9. The molecule has 0 spiro atoms. The Morgan fingerprint density at radius 1 is 1.03 bits per heavy atom. The van der Waals surface area contributed by atoms with Crippen molar-refractivity contribution in [1.82, 2.24) is 5.32 Å². The SMILES string of the molecule is CCOC(=NCCc1ccc(OC)c(OC)c1)NC(=O)c1ccc(C(F)(F)F)cc1. The van der Waals surface area contributed by atoms with Crippen LogP contribution in [0, 0.1) is 0 Å². The fourth-order valence-corrected chi connectivity index (χ4v) is 2.56. The Morgan fingerprint density at radius 2 is 1.70 bits per heavy atom. The van der Waals surface area contributed by atoms with Crippen LogP contribution in [0.15, 0.2) is 47.5 Å². The van der Waals surface area contributed by atoms with Crippen molar-refractivity contribution < 1.29 is 32.2 Å². The number of ether oxygens (including phenoxy) is 3. The van der Waals surface area contributed by atoms with Crippen LogP contribution in [-0.4, -0.2) is 39.3 Å². The number of rotatable bonds is 7. The number of amidine groups is 1.